The fraction of sp³-hybridized carbons (Fsp3) is 0.462. The molecule has 0 radical (unpaired) electrons. The highest BCUT2D eigenvalue weighted by Gasteiger charge is 2.31. The number of rotatable bonds is 10. The van der Waals surface area contributed by atoms with Crippen molar-refractivity contribution in [2.24, 2.45) is 0 Å². The van der Waals surface area contributed by atoms with E-state index in [2.05, 4.69) is 17.4 Å². The van der Waals surface area contributed by atoms with E-state index in [0.29, 0.717) is 5.75 Å². The molecule has 0 aliphatic heterocycles. The van der Waals surface area contributed by atoms with Crippen molar-refractivity contribution in [3.63, 3.8) is 0 Å². The molecule has 184 valence electrons. The van der Waals surface area contributed by atoms with Crippen LogP contribution in [0.2, 0.25) is 0 Å². The van der Waals surface area contributed by atoms with Crippen LogP contribution in [0, 0.1) is 0 Å². The van der Waals surface area contributed by atoms with Gasteiger partial charge < -0.3 is 25.0 Å². The maximum Gasteiger partial charge on any atom is 0.407 e. The van der Waals surface area contributed by atoms with E-state index < -0.39 is 29.8 Å². The Morgan fingerprint density at radius 2 is 1.62 bits per heavy atom. The lowest BCUT2D eigenvalue weighted by Gasteiger charge is -2.24. The summed E-state index contributed by atoms with van der Waals surface area (Å²) in [6.45, 7) is 5.30. The van der Waals surface area contributed by atoms with E-state index in [1.165, 1.54) is 11.8 Å². The van der Waals surface area contributed by atoms with Crippen LogP contribution in [0.15, 0.2) is 48.5 Å². The highest BCUT2D eigenvalue weighted by atomic mass is 32.2. The standard InChI is InChI=1S/C26H33NO6S/c1-26(2,3)33-24(30)23(16-34-15-17(29)12-13-28)27-25(31)32-14-22-20-10-6-4-8-18(20)19-9-5-7-11-21(19)22/h4-11,17,22-23,28-29H,12-16H2,1-3H3,(H,27,31)/t17-,23-/m0/s1. The predicted molar refractivity (Wildman–Crippen MR) is 133 cm³/mol. The van der Waals surface area contributed by atoms with Gasteiger partial charge in [-0.2, -0.15) is 11.8 Å². The Labute approximate surface area is 204 Å². The van der Waals surface area contributed by atoms with E-state index in [0.717, 1.165) is 22.3 Å². The van der Waals surface area contributed by atoms with Crippen molar-refractivity contribution in [1.82, 2.24) is 5.32 Å². The van der Waals surface area contributed by atoms with Gasteiger partial charge in [-0.25, -0.2) is 9.59 Å². The summed E-state index contributed by atoms with van der Waals surface area (Å²) in [5.74, 6) is -0.111. The molecule has 0 bridgehead atoms. The van der Waals surface area contributed by atoms with Crippen LogP contribution in [0.5, 0.6) is 0 Å². The second-order valence-corrected chi connectivity index (χ2v) is 10.3. The van der Waals surface area contributed by atoms with Crippen molar-refractivity contribution in [3.8, 4) is 11.1 Å². The number of esters is 1. The third-order valence-electron chi connectivity index (χ3n) is 5.38. The number of alkyl carbamates (subject to hydrolysis) is 1. The van der Waals surface area contributed by atoms with Crippen LogP contribution in [0.1, 0.15) is 44.2 Å². The van der Waals surface area contributed by atoms with Crippen molar-refractivity contribution in [3.05, 3.63) is 59.7 Å². The lowest BCUT2D eigenvalue weighted by atomic mass is 9.98. The molecule has 2 atom stereocenters. The number of fused-ring (bicyclic) bond motifs is 3. The first kappa shape index (κ1) is 26.1. The maximum absolute atomic E-state index is 12.7. The second kappa shape index (κ2) is 11.7. The van der Waals surface area contributed by atoms with Crippen molar-refractivity contribution in [1.29, 1.82) is 0 Å². The molecular weight excluding hydrogens is 454 g/mol. The van der Waals surface area contributed by atoms with E-state index in [4.69, 9.17) is 14.6 Å². The molecule has 3 N–H and O–H groups in total. The van der Waals surface area contributed by atoms with Gasteiger partial charge >= 0.3 is 12.1 Å². The summed E-state index contributed by atoms with van der Waals surface area (Å²) in [5, 5.41) is 21.4. The highest BCUT2D eigenvalue weighted by molar-refractivity contribution is 7.99. The number of ether oxygens (including phenoxy) is 2. The normalized spacial score (nSPS) is 14.6. The summed E-state index contributed by atoms with van der Waals surface area (Å²) in [7, 11) is 0. The van der Waals surface area contributed by atoms with Gasteiger partial charge in [-0.3, -0.25) is 0 Å². The smallest absolute Gasteiger partial charge is 0.407 e. The number of thioether (sulfide) groups is 1. The minimum absolute atomic E-state index is 0.0823. The molecule has 7 nitrogen and oxygen atoms in total. The molecule has 0 heterocycles. The molecule has 0 fully saturated rings. The number of carbonyl (C=O) groups excluding carboxylic acids is 2. The van der Waals surface area contributed by atoms with Gasteiger partial charge in [0.05, 0.1) is 6.10 Å². The van der Waals surface area contributed by atoms with Gasteiger partial charge in [0.15, 0.2) is 0 Å². The summed E-state index contributed by atoms with van der Waals surface area (Å²) in [5.41, 5.74) is 3.77. The maximum atomic E-state index is 12.7. The minimum atomic E-state index is -0.929. The van der Waals surface area contributed by atoms with Gasteiger partial charge in [0.2, 0.25) is 0 Å². The molecule has 0 saturated carbocycles. The third kappa shape index (κ3) is 6.98. The molecule has 1 amide bonds. The molecule has 34 heavy (non-hydrogen) atoms. The summed E-state index contributed by atoms with van der Waals surface area (Å²) < 4.78 is 11.0. The topological polar surface area (TPSA) is 105 Å². The first-order valence-electron chi connectivity index (χ1n) is 11.4. The number of carbonyl (C=O) groups is 2. The number of benzene rings is 2. The molecule has 1 aliphatic carbocycles. The zero-order chi connectivity index (χ0) is 24.7. The summed E-state index contributed by atoms with van der Waals surface area (Å²) >= 11 is 1.30. The van der Waals surface area contributed by atoms with E-state index in [9.17, 15) is 14.7 Å². The van der Waals surface area contributed by atoms with E-state index in [1.807, 2.05) is 36.4 Å². The third-order valence-corrected chi connectivity index (χ3v) is 6.57. The van der Waals surface area contributed by atoms with Crippen LogP contribution in [-0.4, -0.2) is 64.7 Å². The zero-order valence-corrected chi connectivity index (χ0v) is 20.6. The Kier molecular flexibility index (Phi) is 8.99. The first-order chi connectivity index (χ1) is 16.2. The molecule has 2 aromatic carbocycles. The Morgan fingerprint density at radius 1 is 1.03 bits per heavy atom. The van der Waals surface area contributed by atoms with E-state index in [1.54, 1.807) is 20.8 Å². The van der Waals surface area contributed by atoms with Crippen LogP contribution < -0.4 is 5.32 Å². The Hall–Kier alpha value is -2.55. The monoisotopic (exact) mass is 487 g/mol. The molecule has 0 unspecified atom stereocenters. The average molecular weight is 488 g/mol. The van der Waals surface area contributed by atoms with Gasteiger partial charge in [-0.15, -0.1) is 0 Å². The molecule has 0 saturated heterocycles. The summed E-state index contributed by atoms with van der Waals surface area (Å²) in [4.78, 5) is 25.3. The SMILES string of the molecule is CC(C)(C)OC(=O)[C@H](CSC[C@@H](O)CCO)NC(=O)OCC1c2ccccc2-c2ccccc21. The fourth-order valence-corrected chi connectivity index (χ4v) is 4.91. The summed E-state index contributed by atoms with van der Waals surface area (Å²) in [6.07, 6.45) is -1.14. The number of aliphatic hydroxyl groups excluding tert-OH is 2. The number of aliphatic hydroxyl groups is 2. The van der Waals surface area contributed by atoms with Crippen LogP contribution in [0.25, 0.3) is 11.1 Å². The predicted octanol–water partition coefficient (Wildman–Crippen LogP) is 3.71. The van der Waals surface area contributed by atoms with Gasteiger partial charge in [-0.1, -0.05) is 48.5 Å². The molecule has 8 heteroatoms. The zero-order valence-electron chi connectivity index (χ0n) is 19.8. The lowest BCUT2D eigenvalue weighted by Crippen LogP contribution is -2.46. The Balaban J connectivity index is 1.63. The second-order valence-electron chi connectivity index (χ2n) is 9.26. The quantitative estimate of drug-likeness (QED) is 0.439. The van der Waals surface area contributed by atoms with Crippen LogP contribution in [-0.2, 0) is 14.3 Å². The minimum Gasteiger partial charge on any atom is -0.458 e. The highest BCUT2D eigenvalue weighted by Crippen LogP contribution is 2.44. The van der Waals surface area contributed by atoms with Crippen molar-refractivity contribution >= 4 is 23.8 Å². The Morgan fingerprint density at radius 3 is 2.18 bits per heavy atom. The van der Waals surface area contributed by atoms with Crippen molar-refractivity contribution < 1.29 is 29.3 Å². The fourth-order valence-electron chi connectivity index (χ4n) is 3.88. The number of hydrogen-bond donors (Lipinski definition) is 3. The number of amides is 1. The number of hydrogen-bond acceptors (Lipinski definition) is 7. The van der Waals surface area contributed by atoms with Crippen molar-refractivity contribution in [2.45, 2.75) is 50.9 Å². The molecule has 3 rings (SSSR count). The van der Waals surface area contributed by atoms with Gasteiger partial charge in [-0.05, 0) is 49.4 Å². The average Bonchev–Trinajstić information content (AvgIpc) is 3.10. The lowest BCUT2D eigenvalue weighted by molar-refractivity contribution is -0.156. The van der Waals surface area contributed by atoms with Crippen LogP contribution >= 0.6 is 11.8 Å². The van der Waals surface area contributed by atoms with Gasteiger partial charge in [0.25, 0.3) is 0 Å². The van der Waals surface area contributed by atoms with Gasteiger partial charge in [0.1, 0.15) is 18.2 Å². The van der Waals surface area contributed by atoms with Gasteiger partial charge in [0, 0.05) is 24.0 Å². The molecule has 2 aromatic rings. The van der Waals surface area contributed by atoms with Crippen LogP contribution in [0.4, 0.5) is 4.79 Å². The largest absolute Gasteiger partial charge is 0.458 e. The molecule has 1 aliphatic rings. The molecule has 0 spiro atoms. The molecule has 0 aromatic heterocycles. The van der Waals surface area contributed by atoms with E-state index >= 15 is 0 Å². The Bertz CT molecular complexity index is 944. The first-order valence-corrected chi connectivity index (χ1v) is 12.6. The molecular formula is C26H33NO6S. The summed E-state index contributed by atoms with van der Waals surface area (Å²) in [6, 6.07) is 15.2. The van der Waals surface area contributed by atoms with E-state index in [-0.39, 0.29) is 31.3 Å². The van der Waals surface area contributed by atoms with Crippen molar-refractivity contribution in [2.75, 3.05) is 24.7 Å². The number of nitrogens with one attached hydrogen (secondary N) is 1. The van der Waals surface area contributed by atoms with Crippen LogP contribution in [0.3, 0.4) is 0 Å².